The lowest BCUT2D eigenvalue weighted by atomic mass is 9.93. The van der Waals surface area contributed by atoms with Crippen molar-refractivity contribution in [3.05, 3.63) is 218 Å². The van der Waals surface area contributed by atoms with Crippen molar-refractivity contribution in [3.8, 4) is 16.8 Å². The van der Waals surface area contributed by atoms with Gasteiger partial charge in [0.25, 0.3) is 0 Å². The van der Waals surface area contributed by atoms with Gasteiger partial charge in [-0.2, -0.15) is 0 Å². The lowest BCUT2D eigenvalue weighted by Gasteiger charge is -2.28. The topological polar surface area (TPSA) is 8.17 Å². The molecule has 2 heteroatoms. The van der Waals surface area contributed by atoms with Crippen molar-refractivity contribution in [2.45, 2.75) is 0 Å². The lowest BCUT2D eigenvalue weighted by molar-refractivity contribution is 1.18. The summed E-state index contributed by atoms with van der Waals surface area (Å²) in [6.45, 7) is 0. The van der Waals surface area contributed by atoms with Crippen molar-refractivity contribution >= 4 is 92.7 Å². The van der Waals surface area contributed by atoms with Gasteiger partial charge in [0, 0.05) is 33.2 Å². The van der Waals surface area contributed by atoms with Crippen molar-refractivity contribution in [2.24, 2.45) is 0 Å². The highest BCUT2D eigenvalue weighted by molar-refractivity contribution is 6.26. The number of hydrogen-bond donors (Lipinski definition) is 0. The zero-order valence-corrected chi connectivity index (χ0v) is 31.7. The van der Waals surface area contributed by atoms with Crippen LogP contribution in [0.5, 0.6) is 0 Å². The molecule has 12 rings (SSSR count). The van der Waals surface area contributed by atoms with E-state index in [0.717, 1.165) is 17.1 Å². The Morgan fingerprint density at radius 1 is 0.293 bits per heavy atom. The molecule has 0 fully saturated rings. The number of rotatable bonds is 5. The van der Waals surface area contributed by atoms with Crippen molar-refractivity contribution in [1.29, 1.82) is 0 Å². The van der Waals surface area contributed by atoms with Crippen LogP contribution in [0, 0.1) is 0 Å². The van der Waals surface area contributed by atoms with Crippen LogP contribution in [-0.2, 0) is 0 Å². The van der Waals surface area contributed by atoms with Gasteiger partial charge >= 0.3 is 0 Å². The summed E-state index contributed by atoms with van der Waals surface area (Å²) in [6.07, 6.45) is 0. The van der Waals surface area contributed by atoms with Crippen LogP contribution < -0.4 is 4.90 Å². The van der Waals surface area contributed by atoms with E-state index in [1.807, 2.05) is 0 Å². The second-order valence-electron chi connectivity index (χ2n) is 15.3. The minimum atomic E-state index is 1.11. The summed E-state index contributed by atoms with van der Waals surface area (Å²) in [6, 6.07) is 80.1. The molecular weight excluding hydrogens is 701 g/mol. The SMILES string of the molecule is c1ccc(-n2c3ccccc3c3cc(-c4ccc(N(c5ccc6c7ccccc7c7ccccc7c6c5)c5cccc6ccc7ccccc7c56)cc4)ccc32)cc1. The predicted octanol–water partition coefficient (Wildman–Crippen LogP) is 15.7. The summed E-state index contributed by atoms with van der Waals surface area (Å²) in [5, 5.41) is 15.1. The van der Waals surface area contributed by atoms with Gasteiger partial charge in [-0.3, -0.25) is 0 Å². The number of hydrogen-bond acceptors (Lipinski definition) is 1. The summed E-state index contributed by atoms with van der Waals surface area (Å²) in [7, 11) is 0. The summed E-state index contributed by atoms with van der Waals surface area (Å²) < 4.78 is 2.37. The van der Waals surface area contributed by atoms with E-state index in [1.54, 1.807) is 0 Å². The molecule has 11 aromatic carbocycles. The van der Waals surface area contributed by atoms with Gasteiger partial charge < -0.3 is 9.47 Å². The van der Waals surface area contributed by atoms with Crippen LogP contribution in [0.15, 0.2) is 218 Å². The Balaban J connectivity index is 1.06. The molecule has 0 aliphatic rings. The normalized spacial score (nSPS) is 11.8. The number of anilines is 3. The zero-order valence-electron chi connectivity index (χ0n) is 31.7. The monoisotopic (exact) mass is 736 g/mol. The molecule has 0 spiro atoms. The minimum Gasteiger partial charge on any atom is -0.310 e. The fourth-order valence-electron chi connectivity index (χ4n) is 9.50. The highest BCUT2D eigenvalue weighted by Crippen LogP contribution is 2.45. The van der Waals surface area contributed by atoms with Crippen molar-refractivity contribution in [3.63, 3.8) is 0 Å². The molecule has 0 saturated carbocycles. The molecule has 0 N–H and O–H groups in total. The molecule has 0 amide bonds. The third-order valence-corrected chi connectivity index (χ3v) is 12.1. The number of aromatic nitrogens is 1. The van der Waals surface area contributed by atoms with Crippen molar-refractivity contribution in [2.75, 3.05) is 4.90 Å². The van der Waals surface area contributed by atoms with Crippen LogP contribution in [0.4, 0.5) is 17.1 Å². The lowest BCUT2D eigenvalue weighted by Crippen LogP contribution is -2.10. The van der Waals surface area contributed by atoms with Gasteiger partial charge in [-0.1, -0.05) is 158 Å². The van der Waals surface area contributed by atoms with Crippen LogP contribution in [-0.4, -0.2) is 4.57 Å². The maximum Gasteiger partial charge on any atom is 0.0546 e. The number of nitrogens with zero attached hydrogens (tertiary/aromatic N) is 2. The van der Waals surface area contributed by atoms with E-state index in [1.165, 1.54) is 92.5 Å². The van der Waals surface area contributed by atoms with E-state index in [9.17, 15) is 0 Å². The van der Waals surface area contributed by atoms with E-state index in [0.29, 0.717) is 0 Å². The Kier molecular flexibility index (Phi) is 7.26. The van der Waals surface area contributed by atoms with Gasteiger partial charge in [-0.25, -0.2) is 0 Å². The predicted molar refractivity (Wildman–Crippen MR) is 248 cm³/mol. The van der Waals surface area contributed by atoms with E-state index >= 15 is 0 Å². The summed E-state index contributed by atoms with van der Waals surface area (Å²) in [4.78, 5) is 2.46. The summed E-state index contributed by atoms with van der Waals surface area (Å²) >= 11 is 0. The van der Waals surface area contributed by atoms with E-state index in [2.05, 4.69) is 228 Å². The van der Waals surface area contributed by atoms with Gasteiger partial charge in [0.1, 0.15) is 0 Å². The summed E-state index contributed by atoms with van der Waals surface area (Å²) in [5.41, 5.74) is 9.35. The number of para-hydroxylation sites is 2. The molecule has 12 aromatic rings. The fourth-order valence-corrected chi connectivity index (χ4v) is 9.50. The molecule has 0 atom stereocenters. The second kappa shape index (κ2) is 12.9. The number of benzene rings is 11. The molecule has 2 nitrogen and oxygen atoms in total. The molecule has 0 radical (unpaired) electrons. The second-order valence-corrected chi connectivity index (χ2v) is 15.3. The third-order valence-electron chi connectivity index (χ3n) is 12.1. The molecule has 0 aliphatic heterocycles. The fraction of sp³-hybridized carbons (Fsp3) is 0. The van der Waals surface area contributed by atoms with Gasteiger partial charge in [0.05, 0.1) is 16.7 Å². The van der Waals surface area contributed by atoms with Gasteiger partial charge in [0.2, 0.25) is 0 Å². The Morgan fingerprint density at radius 2 is 0.845 bits per heavy atom. The van der Waals surface area contributed by atoms with Gasteiger partial charge in [-0.05, 0) is 120 Å². The minimum absolute atomic E-state index is 1.11. The Morgan fingerprint density at radius 3 is 1.60 bits per heavy atom. The zero-order chi connectivity index (χ0) is 38.2. The Bertz CT molecular complexity index is 3530. The average Bonchev–Trinajstić information content (AvgIpc) is 3.63. The van der Waals surface area contributed by atoms with Gasteiger partial charge in [0.15, 0.2) is 0 Å². The van der Waals surface area contributed by atoms with E-state index in [4.69, 9.17) is 0 Å². The quantitative estimate of drug-likeness (QED) is 0.160. The van der Waals surface area contributed by atoms with Crippen LogP contribution in [0.2, 0.25) is 0 Å². The maximum absolute atomic E-state index is 2.46. The van der Waals surface area contributed by atoms with E-state index < -0.39 is 0 Å². The number of fused-ring (bicyclic) bond motifs is 12. The van der Waals surface area contributed by atoms with Crippen LogP contribution in [0.3, 0.4) is 0 Å². The highest BCUT2D eigenvalue weighted by Gasteiger charge is 2.20. The first kappa shape index (κ1) is 32.6. The molecule has 1 heterocycles. The van der Waals surface area contributed by atoms with Crippen molar-refractivity contribution in [1.82, 2.24) is 4.57 Å². The maximum atomic E-state index is 2.46. The smallest absolute Gasteiger partial charge is 0.0546 e. The standard InChI is InChI=1S/C56H36N2/c1-2-15-41(16-3-1)58-53-23-11-10-22-50(53)52-35-40(29-34-54(52)58)37-27-30-42(31-28-37)57(55-24-12-14-39-26-25-38-13-4-5-17-44(38)56(39)55)43-32-33-49-47-20-7-6-18-45(47)46-19-8-9-21-48(46)51(49)36-43/h1-36H. The van der Waals surface area contributed by atoms with Crippen molar-refractivity contribution < 1.29 is 0 Å². The van der Waals surface area contributed by atoms with Crippen LogP contribution in [0.1, 0.15) is 0 Å². The summed E-state index contributed by atoms with van der Waals surface area (Å²) in [5.74, 6) is 0. The molecule has 0 aliphatic carbocycles. The molecular formula is C56H36N2. The molecule has 58 heavy (non-hydrogen) atoms. The molecule has 0 saturated heterocycles. The van der Waals surface area contributed by atoms with Crippen LogP contribution in [0.25, 0.3) is 92.5 Å². The first-order chi connectivity index (χ1) is 28.8. The van der Waals surface area contributed by atoms with Gasteiger partial charge in [-0.15, -0.1) is 0 Å². The molecule has 0 unspecified atom stereocenters. The molecule has 1 aromatic heterocycles. The first-order valence-electron chi connectivity index (χ1n) is 20.0. The Hall–Kier alpha value is -7.68. The average molecular weight is 737 g/mol. The van der Waals surface area contributed by atoms with E-state index in [-0.39, 0.29) is 0 Å². The third kappa shape index (κ3) is 4.99. The molecule has 270 valence electrons. The Labute approximate surface area is 336 Å². The first-order valence-corrected chi connectivity index (χ1v) is 20.0. The van der Waals surface area contributed by atoms with Crippen LogP contribution >= 0.6 is 0 Å². The molecule has 0 bridgehead atoms. The highest BCUT2D eigenvalue weighted by atomic mass is 15.1. The largest absolute Gasteiger partial charge is 0.310 e.